The molecule has 0 aliphatic carbocycles. The van der Waals surface area contributed by atoms with Crippen LogP contribution >= 0.6 is 11.3 Å². The molecule has 3 amide bonds. The van der Waals surface area contributed by atoms with E-state index in [-0.39, 0.29) is 35.4 Å². The largest absolute Gasteiger partial charge is 0.496 e. The summed E-state index contributed by atoms with van der Waals surface area (Å²) in [5, 5.41) is 8.65. The molecule has 3 aromatic rings. The number of hydrogen-bond donors (Lipinski definition) is 4. The van der Waals surface area contributed by atoms with Gasteiger partial charge in [-0.1, -0.05) is 19.9 Å². The number of carbonyl (C=O) groups is 5. The summed E-state index contributed by atoms with van der Waals surface area (Å²) in [6.45, 7) is 4.46. The van der Waals surface area contributed by atoms with Gasteiger partial charge in [0.2, 0.25) is 11.8 Å². The molecule has 254 valence electrons. The Morgan fingerprint density at radius 1 is 1.15 bits per heavy atom. The number of nitrogens with zero attached hydrogens (tertiary/aromatic N) is 1. The first kappa shape index (κ1) is 35.4. The SMILES string of the molecule is COc1cccc2[nH]c(C(=O)N[C@@H](CC(C)C)C(=O)N[C@@H](C[C@@H]3CCCNC3=O)C(=O)COC(=O)c3sc(C)nc3C(F)(F)F)cc12. The Bertz CT molecular complexity index is 1650. The first-order valence-electron chi connectivity index (χ1n) is 15.0. The third-order valence-electron chi connectivity index (χ3n) is 7.58. The van der Waals surface area contributed by atoms with E-state index in [4.69, 9.17) is 9.47 Å². The van der Waals surface area contributed by atoms with Crippen LogP contribution in [0.4, 0.5) is 13.2 Å². The smallest absolute Gasteiger partial charge is 0.435 e. The van der Waals surface area contributed by atoms with Crippen LogP contribution in [0.3, 0.4) is 0 Å². The molecule has 12 nitrogen and oxygen atoms in total. The average molecular weight is 680 g/mol. The van der Waals surface area contributed by atoms with E-state index in [2.05, 4.69) is 25.9 Å². The standard InChI is InChI=1S/C31H36F3N5O7S/c1-15(2)11-21(39-29(43)22-13-18-19(37-22)8-5-9-24(18)45-4)28(42)38-20(12-17-7-6-10-35-27(17)41)23(40)14-46-30(44)25-26(31(32,33)34)36-16(3)47-25/h5,8-9,13,15,17,20-21,37H,6-7,10-12,14H2,1-4H3,(H,35,41)(H,38,42)(H,39,43)/t17-,20-,21-/m0/s1. The average Bonchev–Trinajstić information content (AvgIpc) is 3.64. The minimum Gasteiger partial charge on any atom is -0.496 e. The van der Waals surface area contributed by atoms with Crippen LogP contribution in [0.5, 0.6) is 5.75 Å². The van der Waals surface area contributed by atoms with Gasteiger partial charge in [-0.15, -0.1) is 11.3 Å². The highest BCUT2D eigenvalue weighted by atomic mass is 32.1. The number of methoxy groups -OCH3 is 1. The fourth-order valence-electron chi connectivity index (χ4n) is 5.32. The fraction of sp³-hybridized carbons (Fsp3) is 0.484. The van der Waals surface area contributed by atoms with Gasteiger partial charge in [-0.25, -0.2) is 9.78 Å². The summed E-state index contributed by atoms with van der Waals surface area (Å²) in [5.74, 6) is -4.05. The highest BCUT2D eigenvalue weighted by molar-refractivity contribution is 7.13. The minimum absolute atomic E-state index is 0.0196. The van der Waals surface area contributed by atoms with Crippen molar-refractivity contribution in [1.82, 2.24) is 25.9 Å². The highest BCUT2D eigenvalue weighted by Crippen LogP contribution is 2.34. The number of carbonyl (C=O) groups excluding carboxylic acids is 5. The molecule has 1 saturated heterocycles. The normalized spacial score (nSPS) is 16.3. The zero-order valence-electron chi connectivity index (χ0n) is 26.2. The molecule has 1 fully saturated rings. The zero-order valence-corrected chi connectivity index (χ0v) is 27.0. The highest BCUT2D eigenvalue weighted by Gasteiger charge is 2.40. The summed E-state index contributed by atoms with van der Waals surface area (Å²) in [6.07, 6.45) is -3.82. The number of halogens is 3. The Balaban J connectivity index is 1.52. The number of alkyl halides is 3. The number of benzene rings is 1. The number of H-pyrrole nitrogens is 1. The summed E-state index contributed by atoms with van der Waals surface area (Å²) in [6, 6.07) is 4.38. The van der Waals surface area contributed by atoms with Gasteiger partial charge in [0.15, 0.2) is 18.1 Å². The predicted molar refractivity (Wildman–Crippen MR) is 165 cm³/mol. The number of nitrogens with one attached hydrogen (secondary N) is 4. The van der Waals surface area contributed by atoms with E-state index < -0.39 is 64.9 Å². The molecular formula is C31H36F3N5O7S. The summed E-state index contributed by atoms with van der Waals surface area (Å²) < 4.78 is 50.5. The minimum atomic E-state index is -4.91. The third kappa shape index (κ3) is 8.87. The Kier molecular flexibility index (Phi) is 11.3. The first-order valence-corrected chi connectivity index (χ1v) is 15.8. The van der Waals surface area contributed by atoms with Crippen LogP contribution in [-0.4, -0.2) is 71.8 Å². The topological polar surface area (TPSA) is 169 Å². The maximum absolute atomic E-state index is 13.6. The second-order valence-electron chi connectivity index (χ2n) is 11.6. The van der Waals surface area contributed by atoms with Gasteiger partial charge in [0.25, 0.3) is 5.91 Å². The summed E-state index contributed by atoms with van der Waals surface area (Å²) >= 11 is 0.476. The van der Waals surface area contributed by atoms with Crippen LogP contribution < -0.4 is 20.7 Å². The molecule has 3 heterocycles. The molecule has 1 aromatic carbocycles. The molecule has 3 atom stereocenters. The van der Waals surface area contributed by atoms with Crippen molar-refractivity contribution in [1.29, 1.82) is 0 Å². The van der Waals surface area contributed by atoms with Gasteiger partial charge in [0, 0.05) is 23.4 Å². The Hall–Kier alpha value is -4.47. The van der Waals surface area contributed by atoms with Crippen LogP contribution in [-0.2, 0) is 25.3 Å². The molecule has 0 bridgehead atoms. The lowest BCUT2D eigenvalue weighted by atomic mass is 9.90. The Labute approximate surface area is 272 Å². The number of fused-ring (bicyclic) bond motifs is 1. The van der Waals surface area contributed by atoms with E-state index in [1.54, 1.807) is 24.3 Å². The lowest BCUT2D eigenvalue weighted by molar-refractivity contribution is -0.141. The van der Waals surface area contributed by atoms with Crippen molar-refractivity contribution in [2.24, 2.45) is 11.8 Å². The molecule has 1 aliphatic heterocycles. The number of amides is 3. The van der Waals surface area contributed by atoms with Crippen LogP contribution in [0.15, 0.2) is 24.3 Å². The van der Waals surface area contributed by atoms with E-state index in [0.717, 1.165) is 0 Å². The van der Waals surface area contributed by atoms with Crippen LogP contribution in [0.2, 0.25) is 0 Å². The van der Waals surface area contributed by atoms with Crippen molar-refractivity contribution in [2.75, 3.05) is 20.3 Å². The van der Waals surface area contributed by atoms with Crippen molar-refractivity contribution in [3.05, 3.63) is 45.5 Å². The molecule has 16 heteroatoms. The van der Waals surface area contributed by atoms with Crippen molar-refractivity contribution in [2.45, 2.75) is 64.7 Å². The van der Waals surface area contributed by atoms with Crippen molar-refractivity contribution < 1.29 is 46.6 Å². The van der Waals surface area contributed by atoms with Gasteiger partial charge in [0.1, 0.15) is 22.4 Å². The van der Waals surface area contributed by atoms with Crippen molar-refractivity contribution >= 4 is 51.7 Å². The molecule has 0 unspecified atom stereocenters. The van der Waals surface area contributed by atoms with E-state index in [1.807, 2.05) is 13.8 Å². The second kappa shape index (κ2) is 15.0. The maximum Gasteiger partial charge on any atom is 0.435 e. The van der Waals surface area contributed by atoms with Crippen LogP contribution in [0.1, 0.15) is 70.4 Å². The molecule has 47 heavy (non-hydrogen) atoms. The second-order valence-corrected chi connectivity index (χ2v) is 12.8. The zero-order chi connectivity index (χ0) is 34.5. The number of rotatable bonds is 13. The molecule has 2 aromatic heterocycles. The number of aryl methyl sites for hydroxylation is 1. The number of thiazole rings is 1. The quantitative estimate of drug-likeness (QED) is 0.197. The number of aromatic amines is 1. The lowest BCUT2D eigenvalue weighted by Gasteiger charge is -2.28. The van der Waals surface area contributed by atoms with E-state index >= 15 is 0 Å². The summed E-state index contributed by atoms with van der Waals surface area (Å²) in [5.41, 5.74) is -0.607. The van der Waals surface area contributed by atoms with E-state index in [9.17, 15) is 37.1 Å². The molecule has 1 aliphatic rings. The molecule has 0 spiro atoms. The van der Waals surface area contributed by atoms with Gasteiger partial charge in [-0.3, -0.25) is 19.2 Å². The van der Waals surface area contributed by atoms with Gasteiger partial charge >= 0.3 is 12.1 Å². The molecular weight excluding hydrogens is 643 g/mol. The number of ketones is 1. The van der Waals surface area contributed by atoms with Crippen molar-refractivity contribution in [3.63, 3.8) is 0 Å². The van der Waals surface area contributed by atoms with Gasteiger partial charge in [0.05, 0.1) is 18.2 Å². The van der Waals surface area contributed by atoms with Gasteiger partial charge in [-0.2, -0.15) is 13.2 Å². The molecule has 0 saturated carbocycles. The summed E-state index contributed by atoms with van der Waals surface area (Å²) in [7, 11) is 1.50. The number of hydrogen-bond acceptors (Lipinski definition) is 9. The number of esters is 1. The van der Waals surface area contributed by atoms with E-state index in [0.29, 0.717) is 47.4 Å². The van der Waals surface area contributed by atoms with Crippen LogP contribution in [0, 0.1) is 18.8 Å². The van der Waals surface area contributed by atoms with Crippen molar-refractivity contribution in [3.8, 4) is 5.75 Å². The lowest BCUT2D eigenvalue weighted by Crippen LogP contribution is -2.54. The molecule has 4 rings (SSSR count). The van der Waals surface area contributed by atoms with E-state index in [1.165, 1.54) is 14.0 Å². The third-order valence-corrected chi connectivity index (χ3v) is 8.53. The first-order chi connectivity index (χ1) is 22.2. The Morgan fingerprint density at radius 3 is 2.55 bits per heavy atom. The number of piperidine rings is 1. The van der Waals surface area contributed by atoms with Gasteiger partial charge < -0.3 is 30.4 Å². The number of ether oxygens (including phenoxy) is 2. The Morgan fingerprint density at radius 2 is 1.89 bits per heavy atom. The fourth-order valence-corrected chi connectivity index (χ4v) is 6.15. The maximum atomic E-state index is 13.6. The van der Waals surface area contributed by atoms with Gasteiger partial charge in [-0.05, 0) is 56.7 Å². The predicted octanol–water partition coefficient (Wildman–Crippen LogP) is 3.93. The number of Topliss-reactive ketones (excluding diaryl/α,β-unsaturated/α-hetero) is 1. The van der Waals surface area contributed by atoms with Crippen LogP contribution in [0.25, 0.3) is 10.9 Å². The summed E-state index contributed by atoms with van der Waals surface area (Å²) in [4.78, 5) is 70.9. The molecule has 4 N–H and O–H groups in total. The molecule has 0 radical (unpaired) electrons. The number of aromatic nitrogens is 2. The monoisotopic (exact) mass is 679 g/mol.